The number of carbonyl (C=O) groups is 4. The van der Waals surface area contributed by atoms with Crippen LogP contribution in [0.5, 0.6) is 0 Å². The number of hydrogen-bond acceptors (Lipinski definition) is 6. The van der Waals surface area contributed by atoms with E-state index in [4.69, 9.17) is 9.97 Å². The zero-order valence-corrected chi connectivity index (χ0v) is 32.4. The number of carboxylic acid groups (broad SMARTS) is 4. The molecule has 0 aliphatic carbocycles. The molecule has 13 heteroatoms. The van der Waals surface area contributed by atoms with Crippen molar-refractivity contribution in [2.24, 2.45) is 0 Å². The topological polar surface area (TPSA) is 207 Å². The summed E-state index contributed by atoms with van der Waals surface area (Å²) in [5.74, 6) is -4.25. The number of fused-ring (bicyclic) bond motifs is 8. The second-order valence-corrected chi connectivity index (χ2v) is 14.0. The van der Waals surface area contributed by atoms with Gasteiger partial charge in [-0.05, 0) is 119 Å². The van der Waals surface area contributed by atoms with Crippen LogP contribution in [-0.2, 0) is 17.1 Å². The van der Waals surface area contributed by atoms with Gasteiger partial charge in [-0.25, -0.2) is 29.1 Å². The van der Waals surface area contributed by atoms with Crippen molar-refractivity contribution in [2.75, 3.05) is 0 Å². The maximum absolute atomic E-state index is 11.8. The molecule has 0 fully saturated rings. The molecule has 0 unspecified atom stereocenters. The zero-order chi connectivity index (χ0) is 41.7. The molecule has 9 rings (SSSR count). The van der Waals surface area contributed by atoms with Crippen LogP contribution in [-0.4, -0.2) is 64.2 Å². The molecular weight excluding hydrogens is 824 g/mol. The van der Waals surface area contributed by atoms with Gasteiger partial charge in [0.25, 0.3) is 0 Å². The maximum Gasteiger partial charge on any atom is 0.335 e. The Kier molecular flexibility index (Phi) is 10.4. The number of benzene rings is 4. The standard InChI is InChI=1S/C48H30N4O8.Cu/c53-45(54)29-9-1-25(2-10-29)41-33-17-19-35(49-33)42(26-3-11-30(12-4-26)46(55)56)37-21-23-39(51-37)44(28-7-15-32(16-8-28)48(59)60)40-24-22-38(52-40)43(36-20-18-34(41)50-36)27-5-13-31(14-6-27)47(57)58;/h1-24,49,52H,(H,53,54)(H,55,56)(H,57,58)(H,59,60);. The Balaban J connectivity index is 0.00000514. The third-order valence-corrected chi connectivity index (χ3v) is 10.4. The molecule has 301 valence electrons. The predicted octanol–water partition coefficient (Wildman–Crippen LogP) is 10.1. The molecule has 4 aromatic carbocycles. The fraction of sp³-hybridized carbons (Fsp3) is 0. The van der Waals surface area contributed by atoms with Crippen LogP contribution < -0.4 is 0 Å². The summed E-state index contributed by atoms with van der Waals surface area (Å²) in [5, 5.41) is 38.7. The smallest absolute Gasteiger partial charge is 0.335 e. The van der Waals surface area contributed by atoms with Crippen LogP contribution in [0.25, 0.3) is 90.9 Å². The molecule has 0 atom stereocenters. The summed E-state index contributed by atoms with van der Waals surface area (Å²) in [4.78, 5) is 64.8. The molecule has 0 saturated heterocycles. The average molecular weight is 854 g/mol. The molecule has 6 N–H and O–H groups in total. The summed E-state index contributed by atoms with van der Waals surface area (Å²) < 4.78 is 0. The SMILES string of the molecule is O=C(O)c1ccc(-c2c3nc(c(-c4ccc(C(=O)O)cc4)c4ccc([nH]4)c(-c4ccc(C(=O)O)cc4)c4nc(c(-c5ccc(C(=O)O)cc5)c5ccc2[nH]5)C=C4)C=C3)cc1.[Cu]. The summed E-state index contributed by atoms with van der Waals surface area (Å²) in [5.41, 5.74) is 10.7. The Morgan fingerprint density at radius 2 is 0.525 bits per heavy atom. The number of hydrogen-bond donors (Lipinski definition) is 6. The normalized spacial score (nSPS) is 11.5. The van der Waals surface area contributed by atoms with Crippen molar-refractivity contribution in [3.05, 3.63) is 166 Å². The van der Waals surface area contributed by atoms with Gasteiger partial charge in [-0.1, -0.05) is 48.5 Å². The summed E-state index contributed by atoms with van der Waals surface area (Å²) in [6.07, 6.45) is 7.47. The summed E-state index contributed by atoms with van der Waals surface area (Å²) in [7, 11) is 0. The first kappa shape index (κ1) is 39.7. The molecule has 7 aromatic rings. The number of rotatable bonds is 8. The summed E-state index contributed by atoms with van der Waals surface area (Å²) in [6, 6.07) is 33.6. The number of aromatic carboxylic acids is 4. The number of aromatic amines is 2. The van der Waals surface area contributed by atoms with Crippen LogP contribution in [0.15, 0.2) is 121 Å². The van der Waals surface area contributed by atoms with Gasteiger partial charge in [-0.15, -0.1) is 0 Å². The molecule has 1 radical (unpaired) electrons. The van der Waals surface area contributed by atoms with Crippen molar-refractivity contribution in [3.8, 4) is 44.5 Å². The van der Waals surface area contributed by atoms with E-state index >= 15 is 0 Å². The molecule has 8 bridgehead atoms. The summed E-state index contributed by atoms with van der Waals surface area (Å²) >= 11 is 0. The summed E-state index contributed by atoms with van der Waals surface area (Å²) in [6.45, 7) is 0. The number of nitrogens with one attached hydrogen (secondary N) is 2. The Bertz CT molecular complexity index is 2760. The minimum Gasteiger partial charge on any atom is -0.478 e. The number of carboxylic acids is 4. The van der Waals surface area contributed by atoms with Gasteiger partial charge in [0.2, 0.25) is 0 Å². The Morgan fingerprint density at radius 3 is 0.705 bits per heavy atom. The van der Waals surface area contributed by atoms with Crippen molar-refractivity contribution in [1.29, 1.82) is 0 Å². The number of nitrogens with zero attached hydrogens (tertiary/aromatic N) is 2. The van der Waals surface area contributed by atoms with E-state index in [2.05, 4.69) is 9.97 Å². The van der Waals surface area contributed by atoms with Gasteiger partial charge in [0.05, 0.1) is 45.0 Å². The Hall–Kier alpha value is -8.12. The fourth-order valence-corrected chi connectivity index (χ4v) is 7.54. The van der Waals surface area contributed by atoms with Gasteiger partial charge >= 0.3 is 23.9 Å². The first-order valence-corrected chi connectivity index (χ1v) is 18.5. The van der Waals surface area contributed by atoms with Gasteiger partial charge in [0.15, 0.2) is 0 Å². The zero-order valence-electron chi connectivity index (χ0n) is 31.5. The first-order chi connectivity index (χ1) is 29.0. The molecule has 3 aromatic heterocycles. The van der Waals surface area contributed by atoms with Crippen LogP contribution in [0, 0.1) is 0 Å². The van der Waals surface area contributed by atoms with Crippen molar-refractivity contribution < 1.29 is 56.7 Å². The second kappa shape index (κ2) is 15.9. The first-order valence-electron chi connectivity index (χ1n) is 18.5. The fourth-order valence-electron chi connectivity index (χ4n) is 7.54. The molecule has 2 aliphatic heterocycles. The van der Waals surface area contributed by atoms with E-state index in [0.29, 0.717) is 89.4 Å². The Labute approximate surface area is 356 Å². The van der Waals surface area contributed by atoms with Crippen molar-refractivity contribution in [3.63, 3.8) is 0 Å². The van der Waals surface area contributed by atoms with Gasteiger partial charge < -0.3 is 30.4 Å². The van der Waals surface area contributed by atoms with Crippen molar-refractivity contribution >= 4 is 70.2 Å². The van der Waals surface area contributed by atoms with Crippen LogP contribution in [0.4, 0.5) is 0 Å². The molecule has 0 spiro atoms. The van der Waals surface area contributed by atoms with E-state index in [0.717, 1.165) is 0 Å². The number of aromatic nitrogens is 4. The molecule has 5 heterocycles. The van der Waals surface area contributed by atoms with Crippen LogP contribution in [0.2, 0.25) is 0 Å². The van der Waals surface area contributed by atoms with E-state index in [1.807, 2.05) is 48.6 Å². The third-order valence-electron chi connectivity index (χ3n) is 10.4. The second-order valence-electron chi connectivity index (χ2n) is 14.0. The molecule has 2 aliphatic rings. The third kappa shape index (κ3) is 7.42. The van der Waals surface area contributed by atoms with Gasteiger partial charge in [-0.2, -0.15) is 0 Å². The van der Waals surface area contributed by atoms with E-state index in [-0.39, 0.29) is 39.3 Å². The monoisotopic (exact) mass is 853 g/mol. The van der Waals surface area contributed by atoms with Gasteiger partial charge in [-0.3, -0.25) is 0 Å². The van der Waals surface area contributed by atoms with Crippen LogP contribution >= 0.6 is 0 Å². The van der Waals surface area contributed by atoms with Crippen molar-refractivity contribution in [1.82, 2.24) is 19.9 Å². The quantitative estimate of drug-likeness (QED) is 0.0798. The average Bonchev–Trinajstić information content (AvgIpc) is 4.10. The minimum absolute atomic E-state index is 0. The number of H-pyrrole nitrogens is 2. The van der Waals surface area contributed by atoms with E-state index in [1.54, 1.807) is 48.5 Å². The molecule has 0 saturated carbocycles. The molecular formula is C48H30CuN4O8. The van der Waals surface area contributed by atoms with Gasteiger partial charge in [0, 0.05) is 61.4 Å². The van der Waals surface area contributed by atoms with Crippen molar-refractivity contribution in [2.45, 2.75) is 0 Å². The van der Waals surface area contributed by atoms with E-state index in [1.165, 1.54) is 48.5 Å². The molecule has 0 amide bonds. The molecule has 12 nitrogen and oxygen atoms in total. The largest absolute Gasteiger partial charge is 0.478 e. The van der Waals surface area contributed by atoms with Crippen LogP contribution in [0.3, 0.4) is 0 Å². The van der Waals surface area contributed by atoms with Crippen LogP contribution in [0.1, 0.15) is 64.2 Å². The maximum atomic E-state index is 11.8. The Morgan fingerprint density at radius 1 is 0.328 bits per heavy atom. The van der Waals surface area contributed by atoms with Gasteiger partial charge in [0.1, 0.15) is 0 Å². The van der Waals surface area contributed by atoms with E-state index in [9.17, 15) is 39.6 Å². The molecule has 61 heavy (non-hydrogen) atoms. The minimum atomic E-state index is -1.06. The predicted molar refractivity (Wildman–Crippen MR) is 228 cm³/mol. The van der Waals surface area contributed by atoms with E-state index < -0.39 is 23.9 Å².